The standard InChI is InChI=1S/C22H27NO/c1-21(2,3)23(18-19-12-7-5-8-13-19)17-11-16-22(4,24)20-14-9-6-10-15-20/h5-10,12-15,24H,17-18H2,1-4H3/p+1/t22-/m0/s1. The molecule has 2 rings (SSSR count). The minimum atomic E-state index is -1.11. The van der Waals surface area contributed by atoms with Crippen LogP contribution in [0.2, 0.25) is 0 Å². The summed E-state index contributed by atoms with van der Waals surface area (Å²) in [6.07, 6.45) is 0. The second kappa shape index (κ2) is 7.66. The Morgan fingerprint density at radius 2 is 1.42 bits per heavy atom. The molecule has 2 heteroatoms. The van der Waals surface area contributed by atoms with Gasteiger partial charge in [0.25, 0.3) is 0 Å². The number of benzene rings is 2. The molecule has 2 atom stereocenters. The van der Waals surface area contributed by atoms with Gasteiger partial charge in [-0.2, -0.15) is 0 Å². The smallest absolute Gasteiger partial charge is 0.148 e. The molecular weight excluding hydrogens is 294 g/mol. The predicted octanol–water partition coefficient (Wildman–Crippen LogP) is 2.78. The molecule has 24 heavy (non-hydrogen) atoms. The van der Waals surface area contributed by atoms with Crippen molar-refractivity contribution in [3.05, 3.63) is 71.8 Å². The highest BCUT2D eigenvalue weighted by Gasteiger charge is 2.25. The van der Waals surface area contributed by atoms with Gasteiger partial charge in [0.2, 0.25) is 0 Å². The van der Waals surface area contributed by atoms with E-state index < -0.39 is 5.60 Å². The Kier molecular flexibility index (Phi) is 5.83. The van der Waals surface area contributed by atoms with Gasteiger partial charge >= 0.3 is 0 Å². The van der Waals surface area contributed by atoms with Crippen molar-refractivity contribution >= 4 is 0 Å². The summed E-state index contributed by atoms with van der Waals surface area (Å²) in [4.78, 5) is 1.38. The van der Waals surface area contributed by atoms with Gasteiger partial charge in [-0.25, -0.2) is 0 Å². The third kappa shape index (κ3) is 5.23. The molecule has 0 aliphatic carbocycles. The number of nitrogens with one attached hydrogen (secondary N) is 1. The number of quaternary nitrogens is 1. The fourth-order valence-electron chi connectivity index (χ4n) is 2.59. The first-order valence-corrected chi connectivity index (χ1v) is 8.46. The highest BCUT2D eigenvalue weighted by molar-refractivity contribution is 5.30. The third-order valence-corrected chi connectivity index (χ3v) is 4.29. The van der Waals surface area contributed by atoms with Gasteiger partial charge in [-0.1, -0.05) is 66.6 Å². The van der Waals surface area contributed by atoms with Crippen molar-refractivity contribution in [2.24, 2.45) is 0 Å². The van der Waals surface area contributed by atoms with Gasteiger partial charge in [-0.15, -0.1) is 0 Å². The van der Waals surface area contributed by atoms with Crippen molar-refractivity contribution in [3.8, 4) is 11.8 Å². The summed E-state index contributed by atoms with van der Waals surface area (Å²) in [7, 11) is 0. The van der Waals surface area contributed by atoms with Crippen molar-refractivity contribution < 1.29 is 10.0 Å². The zero-order chi connectivity index (χ0) is 17.6. The average molecular weight is 322 g/mol. The molecule has 0 radical (unpaired) electrons. The lowest BCUT2D eigenvalue weighted by Gasteiger charge is -2.31. The second-order valence-corrected chi connectivity index (χ2v) is 7.43. The Labute approximate surface area is 146 Å². The fraction of sp³-hybridized carbons (Fsp3) is 0.364. The molecule has 0 bridgehead atoms. The van der Waals surface area contributed by atoms with E-state index in [1.54, 1.807) is 6.92 Å². The molecule has 2 N–H and O–H groups in total. The summed E-state index contributed by atoms with van der Waals surface area (Å²) in [6.45, 7) is 10.0. The van der Waals surface area contributed by atoms with Gasteiger partial charge in [0.05, 0.1) is 5.54 Å². The minimum absolute atomic E-state index is 0.0864. The molecule has 126 valence electrons. The molecule has 0 aliphatic rings. The lowest BCUT2D eigenvalue weighted by atomic mass is 9.97. The summed E-state index contributed by atoms with van der Waals surface area (Å²) in [5.74, 6) is 6.26. The molecule has 0 spiro atoms. The zero-order valence-corrected chi connectivity index (χ0v) is 15.1. The van der Waals surface area contributed by atoms with Gasteiger partial charge in [-0.05, 0) is 39.2 Å². The van der Waals surface area contributed by atoms with Gasteiger partial charge in [0.1, 0.15) is 18.7 Å². The summed E-state index contributed by atoms with van der Waals surface area (Å²) in [5, 5.41) is 10.6. The van der Waals surface area contributed by atoms with Crippen LogP contribution >= 0.6 is 0 Å². The van der Waals surface area contributed by atoms with E-state index in [1.807, 2.05) is 36.4 Å². The molecule has 1 unspecified atom stereocenters. The second-order valence-electron chi connectivity index (χ2n) is 7.43. The largest absolute Gasteiger partial charge is 0.374 e. The van der Waals surface area contributed by atoms with Gasteiger partial charge in [-0.3, -0.25) is 0 Å². The average Bonchev–Trinajstić information content (AvgIpc) is 2.55. The quantitative estimate of drug-likeness (QED) is 0.831. The van der Waals surface area contributed by atoms with Gasteiger partial charge in [0.15, 0.2) is 0 Å². The predicted molar refractivity (Wildman–Crippen MR) is 99.5 cm³/mol. The van der Waals surface area contributed by atoms with E-state index in [-0.39, 0.29) is 5.54 Å². The van der Waals surface area contributed by atoms with Crippen LogP contribution in [0, 0.1) is 11.8 Å². The first-order chi connectivity index (χ1) is 11.3. The highest BCUT2D eigenvalue weighted by atomic mass is 16.3. The van der Waals surface area contributed by atoms with Crippen LogP contribution in [0.25, 0.3) is 0 Å². The maximum atomic E-state index is 10.6. The molecule has 0 aliphatic heterocycles. The van der Waals surface area contributed by atoms with E-state index in [2.05, 4.69) is 56.9 Å². The summed E-state index contributed by atoms with van der Waals surface area (Å²) < 4.78 is 0. The van der Waals surface area contributed by atoms with E-state index in [9.17, 15) is 5.11 Å². The Bertz CT molecular complexity index is 687. The van der Waals surface area contributed by atoms with Crippen molar-refractivity contribution in [1.29, 1.82) is 0 Å². The van der Waals surface area contributed by atoms with E-state index in [0.29, 0.717) is 6.54 Å². The van der Waals surface area contributed by atoms with Crippen LogP contribution in [0.15, 0.2) is 60.7 Å². The van der Waals surface area contributed by atoms with Crippen molar-refractivity contribution in [3.63, 3.8) is 0 Å². The number of hydrogen-bond acceptors (Lipinski definition) is 1. The van der Waals surface area contributed by atoms with E-state index in [0.717, 1.165) is 12.1 Å². The van der Waals surface area contributed by atoms with Gasteiger partial charge < -0.3 is 10.0 Å². The van der Waals surface area contributed by atoms with Crippen LogP contribution in [0.1, 0.15) is 38.8 Å². The Hall–Kier alpha value is -2.08. The molecular formula is C22H28NO+. The van der Waals surface area contributed by atoms with E-state index in [4.69, 9.17) is 0 Å². The molecule has 2 aromatic rings. The van der Waals surface area contributed by atoms with E-state index in [1.165, 1.54) is 10.5 Å². The molecule has 0 saturated heterocycles. The Morgan fingerprint density at radius 3 is 1.96 bits per heavy atom. The van der Waals surface area contributed by atoms with Crippen LogP contribution in [0.3, 0.4) is 0 Å². The number of aliphatic hydroxyl groups is 1. The SMILES string of the molecule is CC(C)(C)[NH+](CC#C[C@](C)(O)c1ccccc1)Cc1ccccc1. The Balaban J connectivity index is 2.11. The highest BCUT2D eigenvalue weighted by Crippen LogP contribution is 2.18. The first-order valence-electron chi connectivity index (χ1n) is 8.46. The molecule has 0 heterocycles. The molecule has 0 aromatic heterocycles. The molecule has 0 saturated carbocycles. The third-order valence-electron chi connectivity index (χ3n) is 4.29. The Morgan fingerprint density at radius 1 is 0.875 bits per heavy atom. The van der Waals surface area contributed by atoms with Crippen LogP contribution in [0.5, 0.6) is 0 Å². The molecule has 0 amide bonds. The number of hydrogen-bond donors (Lipinski definition) is 2. The summed E-state index contributed by atoms with van der Waals surface area (Å²) in [5.41, 5.74) is 1.11. The molecule has 2 aromatic carbocycles. The van der Waals surface area contributed by atoms with E-state index >= 15 is 0 Å². The molecule has 0 fully saturated rings. The monoisotopic (exact) mass is 322 g/mol. The first kappa shape index (κ1) is 18.3. The lowest BCUT2D eigenvalue weighted by Crippen LogP contribution is -3.17. The summed E-state index contributed by atoms with van der Waals surface area (Å²) >= 11 is 0. The maximum Gasteiger partial charge on any atom is 0.148 e. The summed E-state index contributed by atoms with van der Waals surface area (Å²) in [6, 6.07) is 20.1. The normalized spacial score (nSPS) is 15.0. The zero-order valence-electron chi connectivity index (χ0n) is 15.1. The van der Waals surface area contributed by atoms with Crippen LogP contribution in [-0.4, -0.2) is 17.2 Å². The van der Waals surface area contributed by atoms with Crippen molar-refractivity contribution in [2.45, 2.75) is 45.4 Å². The number of rotatable bonds is 4. The topological polar surface area (TPSA) is 24.7 Å². The van der Waals surface area contributed by atoms with Crippen LogP contribution in [-0.2, 0) is 12.1 Å². The van der Waals surface area contributed by atoms with Crippen molar-refractivity contribution in [2.75, 3.05) is 6.54 Å². The maximum absolute atomic E-state index is 10.6. The minimum Gasteiger partial charge on any atom is -0.374 e. The van der Waals surface area contributed by atoms with Gasteiger partial charge in [0, 0.05) is 5.56 Å². The fourth-order valence-corrected chi connectivity index (χ4v) is 2.59. The van der Waals surface area contributed by atoms with Crippen LogP contribution in [0.4, 0.5) is 0 Å². The van der Waals surface area contributed by atoms with Crippen LogP contribution < -0.4 is 4.90 Å². The lowest BCUT2D eigenvalue weighted by molar-refractivity contribution is -0.953. The molecule has 2 nitrogen and oxygen atoms in total. The van der Waals surface area contributed by atoms with Crippen molar-refractivity contribution in [1.82, 2.24) is 0 Å².